The Morgan fingerprint density at radius 2 is 1.77 bits per heavy atom. The average molecular weight is 303 g/mol. The zero-order valence-corrected chi connectivity index (χ0v) is 14.1. The summed E-state index contributed by atoms with van der Waals surface area (Å²) in [5.74, 6) is 1.52. The fourth-order valence-electron chi connectivity index (χ4n) is 2.53. The van der Waals surface area contributed by atoms with Crippen molar-refractivity contribution in [3.8, 4) is 17.2 Å². The molecule has 0 aliphatic carbocycles. The summed E-state index contributed by atoms with van der Waals surface area (Å²) in [5, 5.41) is 7.85. The number of rotatable bonds is 7. The fourth-order valence-corrected chi connectivity index (χ4v) is 2.53. The Morgan fingerprint density at radius 1 is 1.09 bits per heavy atom. The SMILES string of the molecule is CCOc1ccc(-n2nc(C)c(CNC)c2C)cc1OCC. The van der Waals surface area contributed by atoms with Crippen molar-refractivity contribution in [3.63, 3.8) is 0 Å². The first-order chi connectivity index (χ1) is 10.6. The lowest BCUT2D eigenvalue weighted by Gasteiger charge is -2.13. The van der Waals surface area contributed by atoms with Crippen LogP contribution in [0.25, 0.3) is 5.69 Å². The molecule has 5 nitrogen and oxygen atoms in total. The van der Waals surface area contributed by atoms with E-state index in [2.05, 4.69) is 17.3 Å². The number of ether oxygens (including phenoxy) is 2. The van der Waals surface area contributed by atoms with Crippen LogP contribution in [0.1, 0.15) is 30.8 Å². The van der Waals surface area contributed by atoms with Gasteiger partial charge in [0.05, 0.1) is 24.6 Å². The Bertz CT molecular complexity index is 635. The molecule has 0 radical (unpaired) electrons. The highest BCUT2D eigenvalue weighted by Gasteiger charge is 2.14. The minimum atomic E-state index is 0.603. The summed E-state index contributed by atoms with van der Waals surface area (Å²) in [6.07, 6.45) is 0. The highest BCUT2D eigenvalue weighted by atomic mass is 16.5. The van der Waals surface area contributed by atoms with E-state index in [1.54, 1.807) is 0 Å². The van der Waals surface area contributed by atoms with Gasteiger partial charge in [-0.25, -0.2) is 4.68 Å². The van der Waals surface area contributed by atoms with Gasteiger partial charge in [-0.1, -0.05) is 0 Å². The smallest absolute Gasteiger partial charge is 0.163 e. The van der Waals surface area contributed by atoms with E-state index in [9.17, 15) is 0 Å². The van der Waals surface area contributed by atoms with Gasteiger partial charge < -0.3 is 14.8 Å². The molecule has 120 valence electrons. The van der Waals surface area contributed by atoms with E-state index in [-0.39, 0.29) is 0 Å². The van der Waals surface area contributed by atoms with Crippen LogP contribution in [0, 0.1) is 13.8 Å². The van der Waals surface area contributed by atoms with Crippen molar-refractivity contribution in [2.24, 2.45) is 0 Å². The Morgan fingerprint density at radius 3 is 2.41 bits per heavy atom. The van der Waals surface area contributed by atoms with Crippen molar-refractivity contribution in [1.29, 1.82) is 0 Å². The summed E-state index contributed by atoms with van der Waals surface area (Å²) >= 11 is 0. The van der Waals surface area contributed by atoms with Gasteiger partial charge >= 0.3 is 0 Å². The first-order valence-corrected chi connectivity index (χ1v) is 7.72. The van der Waals surface area contributed by atoms with E-state index in [4.69, 9.17) is 9.47 Å². The predicted octanol–water partition coefficient (Wildman–Crippen LogP) is 3.01. The van der Waals surface area contributed by atoms with E-state index >= 15 is 0 Å². The Hall–Kier alpha value is -2.01. The zero-order valence-electron chi connectivity index (χ0n) is 14.1. The molecule has 0 aliphatic heterocycles. The molecule has 2 aromatic rings. The van der Waals surface area contributed by atoms with E-state index in [0.29, 0.717) is 13.2 Å². The maximum absolute atomic E-state index is 5.70. The van der Waals surface area contributed by atoms with Crippen molar-refractivity contribution in [2.45, 2.75) is 34.2 Å². The third-order valence-electron chi connectivity index (χ3n) is 3.57. The van der Waals surface area contributed by atoms with E-state index in [0.717, 1.165) is 35.1 Å². The summed E-state index contributed by atoms with van der Waals surface area (Å²) in [7, 11) is 1.94. The van der Waals surface area contributed by atoms with E-state index in [1.165, 1.54) is 5.56 Å². The normalized spacial score (nSPS) is 10.8. The molecule has 1 aromatic carbocycles. The molecule has 1 heterocycles. The molecule has 0 atom stereocenters. The van der Waals surface area contributed by atoms with E-state index < -0.39 is 0 Å². The van der Waals surface area contributed by atoms with Gasteiger partial charge in [0.25, 0.3) is 0 Å². The number of nitrogens with one attached hydrogen (secondary N) is 1. The van der Waals surface area contributed by atoms with Crippen LogP contribution in [-0.2, 0) is 6.54 Å². The lowest BCUT2D eigenvalue weighted by molar-refractivity contribution is 0.287. The first kappa shape index (κ1) is 16.4. The third kappa shape index (κ3) is 3.25. The fraction of sp³-hybridized carbons (Fsp3) is 0.471. The van der Waals surface area contributed by atoms with Gasteiger partial charge in [-0.05, 0) is 46.9 Å². The molecular formula is C17H25N3O2. The molecule has 1 aromatic heterocycles. The summed E-state index contributed by atoms with van der Waals surface area (Å²) < 4.78 is 13.3. The van der Waals surface area contributed by atoms with Crippen LogP contribution in [0.15, 0.2) is 18.2 Å². The first-order valence-electron chi connectivity index (χ1n) is 7.72. The van der Waals surface area contributed by atoms with Crippen LogP contribution in [0.4, 0.5) is 0 Å². The van der Waals surface area contributed by atoms with Crippen molar-refractivity contribution in [1.82, 2.24) is 15.1 Å². The summed E-state index contributed by atoms with van der Waals surface area (Å²) in [5.41, 5.74) is 4.39. The van der Waals surface area contributed by atoms with Crippen molar-refractivity contribution in [2.75, 3.05) is 20.3 Å². The molecule has 0 fully saturated rings. The lowest BCUT2D eigenvalue weighted by Crippen LogP contribution is -2.07. The number of aryl methyl sites for hydroxylation is 1. The van der Waals surface area contributed by atoms with Gasteiger partial charge in [0, 0.05) is 23.9 Å². The van der Waals surface area contributed by atoms with Gasteiger partial charge in [0.15, 0.2) is 11.5 Å². The highest BCUT2D eigenvalue weighted by Crippen LogP contribution is 2.30. The molecule has 0 bridgehead atoms. The van der Waals surface area contributed by atoms with Gasteiger partial charge in [0.1, 0.15) is 0 Å². The van der Waals surface area contributed by atoms with Crippen molar-refractivity contribution >= 4 is 0 Å². The topological polar surface area (TPSA) is 48.3 Å². The molecule has 0 aliphatic rings. The monoisotopic (exact) mass is 303 g/mol. The second-order valence-electron chi connectivity index (χ2n) is 5.09. The van der Waals surface area contributed by atoms with Gasteiger partial charge in [-0.15, -0.1) is 0 Å². The Balaban J connectivity index is 2.44. The number of aromatic nitrogens is 2. The summed E-state index contributed by atoms with van der Waals surface area (Å²) in [6.45, 7) is 10.1. The molecular weight excluding hydrogens is 278 g/mol. The Kier molecular flexibility index (Phi) is 5.44. The molecule has 0 amide bonds. The maximum Gasteiger partial charge on any atom is 0.163 e. The third-order valence-corrected chi connectivity index (χ3v) is 3.57. The number of hydrogen-bond donors (Lipinski definition) is 1. The molecule has 0 unspecified atom stereocenters. The highest BCUT2D eigenvalue weighted by molar-refractivity contribution is 5.49. The molecule has 5 heteroatoms. The average Bonchev–Trinajstić information content (AvgIpc) is 2.78. The number of hydrogen-bond acceptors (Lipinski definition) is 4. The summed E-state index contributed by atoms with van der Waals surface area (Å²) in [4.78, 5) is 0. The predicted molar refractivity (Wildman–Crippen MR) is 88.1 cm³/mol. The zero-order chi connectivity index (χ0) is 16.1. The van der Waals surface area contributed by atoms with Crippen LogP contribution >= 0.6 is 0 Å². The van der Waals surface area contributed by atoms with Crippen LogP contribution in [0.2, 0.25) is 0 Å². The largest absolute Gasteiger partial charge is 0.490 e. The standard InChI is InChI=1S/C17H25N3O2/c1-6-21-16-9-8-14(10-17(16)22-7-2)20-13(4)15(11-18-5)12(3)19-20/h8-10,18H,6-7,11H2,1-5H3. The van der Waals surface area contributed by atoms with E-state index in [1.807, 2.05) is 50.7 Å². The molecule has 0 saturated heterocycles. The minimum Gasteiger partial charge on any atom is -0.490 e. The van der Waals surface area contributed by atoms with Gasteiger partial charge in [0.2, 0.25) is 0 Å². The Labute approximate surface area is 132 Å². The molecule has 0 saturated carbocycles. The second-order valence-corrected chi connectivity index (χ2v) is 5.09. The quantitative estimate of drug-likeness (QED) is 0.854. The van der Waals surface area contributed by atoms with Crippen LogP contribution in [-0.4, -0.2) is 30.0 Å². The molecule has 22 heavy (non-hydrogen) atoms. The molecule has 2 rings (SSSR count). The maximum atomic E-state index is 5.70. The minimum absolute atomic E-state index is 0.603. The van der Waals surface area contributed by atoms with Crippen molar-refractivity contribution < 1.29 is 9.47 Å². The van der Waals surface area contributed by atoms with Crippen LogP contribution in [0.5, 0.6) is 11.5 Å². The van der Waals surface area contributed by atoms with Gasteiger partial charge in [-0.3, -0.25) is 0 Å². The van der Waals surface area contributed by atoms with Crippen LogP contribution in [0.3, 0.4) is 0 Å². The lowest BCUT2D eigenvalue weighted by atomic mass is 10.2. The van der Waals surface area contributed by atoms with Gasteiger partial charge in [-0.2, -0.15) is 5.10 Å². The number of nitrogens with zero attached hydrogens (tertiary/aromatic N) is 2. The van der Waals surface area contributed by atoms with Crippen molar-refractivity contribution in [3.05, 3.63) is 35.2 Å². The number of benzene rings is 1. The van der Waals surface area contributed by atoms with Crippen LogP contribution < -0.4 is 14.8 Å². The summed E-state index contributed by atoms with van der Waals surface area (Å²) in [6, 6.07) is 5.94. The second kappa shape index (κ2) is 7.31. The molecule has 1 N–H and O–H groups in total. The molecule has 0 spiro atoms.